The molecule has 0 radical (unpaired) electrons. The van der Waals surface area contributed by atoms with Crippen molar-refractivity contribution in [3.8, 4) is 5.75 Å². The van der Waals surface area contributed by atoms with Gasteiger partial charge in [-0.15, -0.1) is 0 Å². The fourth-order valence-corrected chi connectivity index (χ4v) is 4.11. The van der Waals surface area contributed by atoms with Gasteiger partial charge in [0.2, 0.25) is 21.8 Å². The fraction of sp³-hybridized carbons (Fsp3) is 0.417. The van der Waals surface area contributed by atoms with Gasteiger partial charge < -0.3 is 15.0 Å². The predicted molar refractivity (Wildman–Crippen MR) is 129 cm³/mol. The van der Waals surface area contributed by atoms with Crippen LogP contribution in [-0.4, -0.2) is 57.1 Å². The smallest absolute Gasteiger partial charge is 0.244 e. The van der Waals surface area contributed by atoms with Crippen molar-refractivity contribution in [2.24, 2.45) is 0 Å². The van der Waals surface area contributed by atoms with Gasteiger partial charge in [0.05, 0.1) is 19.1 Å². The van der Waals surface area contributed by atoms with E-state index in [-0.39, 0.29) is 24.2 Å². The second-order valence-electron chi connectivity index (χ2n) is 8.09. The lowest BCUT2D eigenvalue weighted by Crippen LogP contribution is -2.52. The van der Waals surface area contributed by atoms with Crippen molar-refractivity contribution in [2.45, 2.75) is 45.8 Å². The quantitative estimate of drug-likeness (QED) is 0.519. The van der Waals surface area contributed by atoms with Crippen LogP contribution in [0.2, 0.25) is 0 Å². The zero-order valence-electron chi connectivity index (χ0n) is 20.1. The molecule has 0 aromatic heterocycles. The highest BCUT2D eigenvalue weighted by atomic mass is 32.2. The average Bonchev–Trinajstić information content (AvgIpc) is 2.80. The molecule has 0 aliphatic carbocycles. The van der Waals surface area contributed by atoms with E-state index in [9.17, 15) is 22.4 Å². The number of carbonyl (C=O) groups is 2. The van der Waals surface area contributed by atoms with E-state index in [0.29, 0.717) is 22.0 Å². The number of halogens is 1. The molecule has 2 atom stereocenters. The first-order chi connectivity index (χ1) is 16.0. The Kier molecular flexibility index (Phi) is 9.43. The Morgan fingerprint density at radius 1 is 1.12 bits per heavy atom. The van der Waals surface area contributed by atoms with Crippen LogP contribution in [0.1, 0.15) is 32.8 Å². The molecule has 2 aromatic carbocycles. The van der Waals surface area contributed by atoms with Gasteiger partial charge in [-0.3, -0.25) is 13.9 Å². The molecule has 2 aromatic rings. The highest BCUT2D eigenvalue weighted by Gasteiger charge is 2.31. The van der Waals surface area contributed by atoms with Gasteiger partial charge in [0, 0.05) is 12.6 Å². The maximum absolute atomic E-state index is 14.4. The molecule has 186 valence electrons. The van der Waals surface area contributed by atoms with E-state index in [4.69, 9.17) is 4.74 Å². The number of anilines is 1. The first-order valence-corrected chi connectivity index (χ1v) is 12.8. The van der Waals surface area contributed by atoms with E-state index in [0.717, 1.165) is 12.3 Å². The van der Waals surface area contributed by atoms with Crippen LogP contribution in [-0.2, 0) is 26.2 Å². The van der Waals surface area contributed by atoms with Crippen molar-refractivity contribution >= 4 is 27.5 Å². The van der Waals surface area contributed by atoms with Crippen molar-refractivity contribution in [2.75, 3.05) is 24.2 Å². The van der Waals surface area contributed by atoms with Crippen LogP contribution in [0.5, 0.6) is 5.75 Å². The predicted octanol–water partition coefficient (Wildman–Crippen LogP) is 2.93. The maximum atomic E-state index is 14.4. The summed E-state index contributed by atoms with van der Waals surface area (Å²) in [5.41, 5.74) is 0.448. The zero-order chi connectivity index (χ0) is 25.5. The van der Waals surface area contributed by atoms with E-state index < -0.39 is 34.3 Å². The summed E-state index contributed by atoms with van der Waals surface area (Å²) in [6, 6.07) is 11.3. The molecule has 1 N–H and O–H groups in total. The van der Waals surface area contributed by atoms with E-state index in [2.05, 4.69) is 5.32 Å². The van der Waals surface area contributed by atoms with Gasteiger partial charge in [0.25, 0.3) is 0 Å². The highest BCUT2D eigenvalue weighted by molar-refractivity contribution is 7.92. The molecule has 0 unspecified atom stereocenters. The van der Waals surface area contributed by atoms with Gasteiger partial charge in [-0.05, 0) is 50.1 Å². The van der Waals surface area contributed by atoms with Crippen LogP contribution in [0.4, 0.5) is 10.1 Å². The largest absolute Gasteiger partial charge is 0.497 e. The summed E-state index contributed by atoms with van der Waals surface area (Å²) >= 11 is 0. The van der Waals surface area contributed by atoms with E-state index in [1.807, 2.05) is 13.8 Å². The molecule has 0 aliphatic rings. The number of methoxy groups -OCH3 is 1. The Balaban J connectivity index is 2.41. The van der Waals surface area contributed by atoms with Crippen molar-refractivity contribution in [1.29, 1.82) is 0 Å². The Morgan fingerprint density at radius 2 is 1.79 bits per heavy atom. The minimum absolute atomic E-state index is 0.0278. The number of hydrogen-bond acceptors (Lipinski definition) is 5. The lowest BCUT2D eigenvalue weighted by molar-refractivity contribution is -0.139. The van der Waals surface area contributed by atoms with E-state index >= 15 is 0 Å². The minimum atomic E-state index is -4.00. The normalized spacial score (nSPS) is 13.0. The van der Waals surface area contributed by atoms with Crippen molar-refractivity contribution in [3.05, 3.63) is 59.9 Å². The first kappa shape index (κ1) is 27.1. The number of sulfonamides is 1. The van der Waals surface area contributed by atoms with Gasteiger partial charge in [0.15, 0.2) is 0 Å². The van der Waals surface area contributed by atoms with Crippen LogP contribution in [0.25, 0.3) is 0 Å². The molecule has 8 nitrogen and oxygen atoms in total. The number of nitrogens with zero attached hydrogens (tertiary/aromatic N) is 2. The Morgan fingerprint density at radius 3 is 2.38 bits per heavy atom. The molecule has 0 aliphatic heterocycles. The lowest BCUT2D eigenvalue weighted by Gasteiger charge is -2.32. The summed E-state index contributed by atoms with van der Waals surface area (Å²) in [6.07, 6.45) is 1.61. The monoisotopic (exact) mass is 493 g/mol. The number of amides is 2. The van der Waals surface area contributed by atoms with Gasteiger partial charge in [-0.1, -0.05) is 31.2 Å². The molecule has 0 fully saturated rings. The molecule has 0 heterocycles. The number of para-hydroxylation sites is 1. The van der Waals surface area contributed by atoms with Gasteiger partial charge in [-0.25, -0.2) is 12.8 Å². The molecule has 10 heteroatoms. The molecule has 0 saturated carbocycles. The molecular formula is C24H32FN3O5S. The molecular weight excluding hydrogens is 461 g/mol. The van der Waals surface area contributed by atoms with Crippen molar-refractivity contribution < 1.29 is 27.1 Å². The summed E-state index contributed by atoms with van der Waals surface area (Å²) in [6.45, 7) is 4.71. The third-order valence-electron chi connectivity index (χ3n) is 5.46. The summed E-state index contributed by atoms with van der Waals surface area (Å²) < 4.78 is 45.3. The van der Waals surface area contributed by atoms with Crippen LogP contribution in [0, 0.1) is 5.82 Å². The number of hydrogen-bond donors (Lipinski definition) is 1. The number of carbonyl (C=O) groups excluding carboxylic acids is 2. The topological polar surface area (TPSA) is 96.0 Å². The second-order valence-corrected chi connectivity index (χ2v) is 9.99. The molecule has 34 heavy (non-hydrogen) atoms. The molecule has 2 rings (SSSR count). The maximum Gasteiger partial charge on any atom is 0.244 e. The standard InChI is InChI=1S/C24H32FN3O5S/c1-6-17(2)26-24(30)18(3)27(15-19-10-9-11-20(14-19)33-4)23(29)16-28(34(5,31)32)22-13-8-7-12-21(22)25/h7-14,17-18H,6,15-16H2,1-5H3,(H,26,30)/t17-,18-/m0/s1. The number of ether oxygens (including phenoxy) is 1. The molecule has 0 spiro atoms. The fourth-order valence-electron chi connectivity index (χ4n) is 3.26. The third-order valence-corrected chi connectivity index (χ3v) is 6.58. The van der Waals surface area contributed by atoms with Gasteiger partial charge in [-0.2, -0.15) is 0 Å². The lowest BCUT2D eigenvalue weighted by atomic mass is 10.1. The Bertz CT molecular complexity index is 1110. The SMILES string of the molecule is CC[C@H](C)NC(=O)[C@H](C)N(Cc1cccc(OC)c1)C(=O)CN(c1ccccc1F)S(C)(=O)=O. The molecule has 2 amide bonds. The van der Waals surface area contributed by atoms with Crippen LogP contribution in [0.3, 0.4) is 0 Å². The van der Waals surface area contributed by atoms with Crippen molar-refractivity contribution in [3.63, 3.8) is 0 Å². The minimum Gasteiger partial charge on any atom is -0.497 e. The van der Waals surface area contributed by atoms with Crippen LogP contribution < -0.4 is 14.4 Å². The molecule has 0 saturated heterocycles. The first-order valence-electron chi connectivity index (χ1n) is 10.9. The highest BCUT2D eigenvalue weighted by Crippen LogP contribution is 2.22. The number of nitrogens with one attached hydrogen (secondary N) is 1. The number of benzene rings is 2. The molecule has 0 bridgehead atoms. The zero-order valence-corrected chi connectivity index (χ0v) is 20.9. The third kappa shape index (κ3) is 7.18. The van der Waals surface area contributed by atoms with Gasteiger partial charge >= 0.3 is 0 Å². The van der Waals surface area contributed by atoms with Crippen molar-refractivity contribution in [1.82, 2.24) is 10.2 Å². The van der Waals surface area contributed by atoms with Gasteiger partial charge in [0.1, 0.15) is 24.2 Å². The van der Waals surface area contributed by atoms with E-state index in [1.165, 1.54) is 30.2 Å². The van der Waals surface area contributed by atoms with E-state index in [1.54, 1.807) is 31.2 Å². The summed E-state index contributed by atoms with van der Waals surface area (Å²) in [4.78, 5) is 27.6. The summed E-state index contributed by atoms with van der Waals surface area (Å²) in [5.74, 6) is -1.22. The summed E-state index contributed by atoms with van der Waals surface area (Å²) in [7, 11) is -2.48. The second kappa shape index (κ2) is 11.8. The van der Waals surface area contributed by atoms with Crippen LogP contribution >= 0.6 is 0 Å². The number of rotatable bonds is 11. The Labute approximate surface area is 200 Å². The average molecular weight is 494 g/mol. The Hall–Kier alpha value is -3.14. The van der Waals surface area contributed by atoms with Crippen LogP contribution in [0.15, 0.2) is 48.5 Å². The summed E-state index contributed by atoms with van der Waals surface area (Å²) in [5, 5.41) is 2.85.